The minimum absolute atomic E-state index is 0.135. The Kier molecular flexibility index (Phi) is 1.75. The van der Waals surface area contributed by atoms with Crippen molar-refractivity contribution in [1.82, 2.24) is 10.4 Å². The van der Waals surface area contributed by atoms with Crippen LogP contribution >= 0.6 is 0 Å². The lowest BCUT2D eigenvalue weighted by Gasteiger charge is -1.99. The Labute approximate surface area is 73.6 Å². The Morgan fingerprint density at radius 2 is 2.46 bits per heavy atom. The fourth-order valence-corrected chi connectivity index (χ4v) is 1.00. The third-order valence-electron chi connectivity index (χ3n) is 1.62. The van der Waals surface area contributed by atoms with E-state index < -0.39 is 5.91 Å². The monoisotopic (exact) mass is 181 g/mol. The van der Waals surface area contributed by atoms with Gasteiger partial charge in [-0.05, 0) is 0 Å². The summed E-state index contributed by atoms with van der Waals surface area (Å²) in [6.07, 6.45) is 1.37. The molecule has 0 fully saturated rings. The molecule has 0 atom stereocenters. The number of rotatable bonds is 1. The Hall–Kier alpha value is -1.82. The molecule has 0 aromatic carbocycles. The van der Waals surface area contributed by atoms with Crippen LogP contribution in [0.3, 0.4) is 0 Å². The Morgan fingerprint density at radius 1 is 1.62 bits per heavy atom. The summed E-state index contributed by atoms with van der Waals surface area (Å²) in [5.74, 6) is 5.39. The van der Waals surface area contributed by atoms with Crippen LogP contribution in [0.2, 0.25) is 0 Å². The van der Waals surface area contributed by atoms with Crippen molar-refractivity contribution < 1.29 is 14.3 Å². The van der Waals surface area contributed by atoms with Gasteiger partial charge in [-0.15, -0.1) is 0 Å². The molecule has 6 heteroatoms. The molecule has 13 heavy (non-hydrogen) atoms. The second-order valence-corrected chi connectivity index (χ2v) is 2.41. The summed E-state index contributed by atoms with van der Waals surface area (Å²) in [6, 6.07) is 1.53. The molecule has 1 aromatic rings. The molecule has 1 amide bonds. The summed E-state index contributed by atoms with van der Waals surface area (Å²) < 4.78 is 10.00. The lowest BCUT2D eigenvalue weighted by molar-refractivity contribution is 0.0953. The van der Waals surface area contributed by atoms with Gasteiger partial charge in [0, 0.05) is 12.3 Å². The smallest absolute Gasteiger partial charge is 0.266 e. The number of ether oxygens (including phenoxy) is 2. The van der Waals surface area contributed by atoms with Crippen molar-refractivity contribution in [1.29, 1.82) is 0 Å². The topological polar surface area (TPSA) is 86.5 Å². The van der Waals surface area contributed by atoms with Gasteiger partial charge in [-0.3, -0.25) is 10.2 Å². The predicted octanol–water partition coefficient (Wildman–Crippen LogP) is -0.586. The molecule has 6 nitrogen and oxygen atoms in total. The van der Waals surface area contributed by atoms with Crippen LogP contribution in [0.1, 0.15) is 10.4 Å². The van der Waals surface area contributed by atoms with Crippen LogP contribution in [-0.4, -0.2) is 17.7 Å². The van der Waals surface area contributed by atoms with Crippen molar-refractivity contribution in [3.63, 3.8) is 0 Å². The van der Waals surface area contributed by atoms with Crippen molar-refractivity contribution in [3.8, 4) is 11.6 Å². The molecule has 3 N–H and O–H groups in total. The van der Waals surface area contributed by atoms with E-state index in [1.165, 1.54) is 12.3 Å². The van der Waals surface area contributed by atoms with Crippen LogP contribution in [0.4, 0.5) is 0 Å². The fourth-order valence-electron chi connectivity index (χ4n) is 1.00. The second kappa shape index (κ2) is 2.91. The first-order valence-corrected chi connectivity index (χ1v) is 3.58. The number of carbonyl (C=O) groups excluding carboxylic acids is 1. The molecule has 1 aliphatic heterocycles. The van der Waals surface area contributed by atoms with E-state index in [0.717, 1.165) is 0 Å². The number of hydrogen-bond acceptors (Lipinski definition) is 5. The third kappa shape index (κ3) is 1.27. The summed E-state index contributed by atoms with van der Waals surface area (Å²) in [4.78, 5) is 14.9. The van der Waals surface area contributed by atoms with Crippen LogP contribution in [-0.2, 0) is 0 Å². The maximum absolute atomic E-state index is 11.0. The number of pyridine rings is 1. The first-order valence-electron chi connectivity index (χ1n) is 3.58. The SMILES string of the molecule is NNC(=O)c1cnc2c(c1)OCO2. The number of nitrogen functional groups attached to an aromatic ring is 1. The third-order valence-corrected chi connectivity index (χ3v) is 1.62. The molecule has 0 spiro atoms. The van der Waals surface area contributed by atoms with Crippen LogP contribution in [0.5, 0.6) is 11.6 Å². The van der Waals surface area contributed by atoms with Gasteiger partial charge in [0.15, 0.2) is 5.75 Å². The number of hydrogen-bond donors (Lipinski definition) is 2. The molecule has 1 aromatic heterocycles. The van der Waals surface area contributed by atoms with E-state index in [9.17, 15) is 4.79 Å². The summed E-state index contributed by atoms with van der Waals surface area (Å²) >= 11 is 0. The largest absolute Gasteiger partial charge is 0.452 e. The zero-order chi connectivity index (χ0) is 9.26. The standard InChI is InChI=1S/C7H7N3O3/c8-10-6(11)4-1-5-7(9-2-4)13-3-12-5/h1-2H,3,8H2,(H,10,11). The van der Waals surface area contributed by atoms with Crippen molar-refractivity contribution in [2.75, 3.05) is 6.79 Å². The number of nitrogens with zero attached hydrogens (tertiary/aromatic N) is 1. The first-order chi connectivity index (χ1) is 6.31. The van der Waals surface area contributed by atoms with E-state index in [1.54, 1.807) is 0 Å². The van der Waals surface area contributed by atoms with Crippen molar-refractivity contribution in [2.45, 2.75) is 0 Å². The summed E-state index contributed by atoms with van der Waals surface area (Å²) in [7, 11) is 0. The summed E-state index contributed by atoms with van der Waals surface area (Å²) in [6.45, 7) is 0.135. The van der Waals surface area contributed by atoms with Gasteiger partial charge >= 0.3 is 0 Å². The van der Waals surface area contributed by atoms with Crippen molar-refractivity contribution in [3.05, 3.63) is 17.8 Å². The lowest BCUT2D eigenvalue weighted by atomic mass is 10.2. The molecular formula is C7H7N3O3. The molecule has 0 unspecified atom stereocenters. The molecule has 0 aliphatic carbocycles. The van der Waals surface area contributed by atoms with E-state index in [1.807, 2.05) is 5.43 Å². The van der Waals surface area contributed by atoms with Crippen molar-refractivity contribution >= 4 is 5.91 Å². The first kappa shape index (κ1) is 7.81. The highest BCUT2D eigenvalue weighted by Gasteiger charge is 2.16. The molecule has 0 saturated carbocycles. The minimum Gasteiger partial charge on any atom is -0.452 e. The quantitative estimate of drug-likeness (QED) is 0.343. The maximum Gasteiger partial charge on any atom is 0.266 e. The predicted molar refractivity (Wildman–Crippen MR) is 42.0 cm³/mol. The number of nitrogens with two attached hydrogens (primary N) is 1. The zero-order valence-electron chi connectivity index (χ0n) is 6.61. The highest BCUT2D eigenvalue weighted by Crippen LogP contribution is 2.29. The van der Waals surface area contributed by atoms with Crippen LogP contribution < -0.4 is 20.7 Å². The molecule has 2 rings (SSSR count). The number of amides is 1. The van der Waals surface area contributed by atoms with Gasteiger partial charge in [0.25, 0.3) is 11.8 Å². The van der Waals surface area contributed by atoms with Gasteiger partial charge in [0.05, 0.1) is 5.56 Å². The van der Waals surface area contributed by atoms with E-state index in [-0.39, 0.29) is 6.79 Å². The van der Waals surface area contributed by atoms with E-state index in [4.69, 9.17) is 15.3 Å². The summed E-state index contributed by atoms with van der Waals surface area (Å²) in [5.41, 5.74) is 2.34. The average Bonchev–Trinajstić information content (AvgIpc) is 2.63. The fraction of sp³-hybridized carbons (Fsp3) is 0.143. The molecule has 2 heterocycles. The molecule has 68 valence electrons. The van der Waals surface area contributed by atoms with Gasteiger partial charge < -0.3 is 9.47 Å². The highest BCUT2D eigenvalue weighted by atomic mass is 16.7. The van der Waals surface area contributed by atoms with Crippen molar-refractivity contribution in [2.24, 2.45) is 5.84 Å². The number of carbonyl (C=O) groups is 1. The van der Waals surface area contributed by atoms with E-state index in [0.29, 0.717) is 17.2 Å². The van der Waals surface area contributed by atoms with Gasteiger partial charge in [-0.25, -0.2) is 10.8 Å². The van der Waals surface area contributed by atoms with Crippen LogP contribution in [0, 0.1) is 0 Å². The second-order valence-electron chi connectivity index (χ2n) is 2.41. The molecule has 0 saturated heterocycles. The Bertz CT molecular complexity index is 353. The number of aromatic nitrogens is 1. The maximum atomic E-state index is 11.0. The zero-order valence-corrected chi connectivity index (χ0v) is 6.61. The minimum atomic E-state index is -0.411. The van der Waals surface area contributed by atoms with Crippen LogP contribution in [0.15, 0.2) is 12.3 Å². The number of hydrazine groups is 1. The highest BCUT2D eigenvalue weighted by molar-refractivity contribution is 5.93. The van der Waals surface area contributed by atoms with Gasteiger partial charge in [-0.2, -0.15) is 0 Å². The lowest BCUT2D eigenvalue weighted by Crippen LogP contribution is -2.29. The molecule has 1 aliphatic rings. The van der Waals surface area contributed by atoms with E-state index in [2.05, 4.69) is 4.98 Å². The van der Waals surface area contributed by atoms with E-state index >= 15 is 0 Å². The summed E-state index contributed by atoms with van der Waals surface area (Å²) in [5, 5.41) is 0. The van der Waals surface area contributed by atoms with Gasteiger partial charge in [-0.1, -0.05) is 0 Å². The Balaban J connectivity index is 2.36. The van der Waals surface area contributed by atoms with Gasteiger partial charge in [0.2, 0.25) is 6.79 Å². The molecular weight excluding hydrogens is 174 g/mol. The average molecular weight is 181 g/mol. The molecule has 0 bridgehead atoms. The number of nitrogens with one attached hydrogen (secondary N) is 1. The normalized spacial score (nSPS) is 12.7. The van der Waals surface area contributed by atoms with Crippen LogP contribution in [0.25, 0.3) is 0 Å². The van der Waals surface area contributed by atoms with Gasteiger partial charge in [0.1, 0.15) is 0 Å². The Morgan fingerprint density at radius 3 is 3.23 bits per heavy atom. The number of fused-ring (bicyclic) bond motifs is 1. The molecule has 0 radical (unpaired) electrons.